The number of likely N-dealkylation sites (N-methyl/N-ethyl adjacent to an activating group) is 1. The number of hydrogen-bond donors (Lipinski definition) is 1. The molecule has 0 aromatic carbocycles. The molecule has 1 aromatic heterocycles. The van der Waals surface area contributed by atoms with Gasteiger partial charge in [-0.2, -0.15) is 11.3 Å². The highest BCUT2D eigenvalue weighted by atomic mass is 32.1. The summed E-state index contributed by atoms with van der Waals surface area (Å²) >= 11 is 1.76. The van der Waals surface area contributed by atoms with Crippen LogP contribution in [0.3, 0.4) is 0 Å². The summed E-state index contributed by atoms with van der Waals surface area (Å²) in [6, 6.07) is 2.63. The summed E-state index contributed by atoms with van der Waals surface area (Å²) in [6.45, 7) is 7.71. The van der Waals surface area contributed by atoms with Crippen molar-refractivity contribution in [3.63, 3.8) is 0 Å². The molecule has 2 nitrogen and oxygen atoms in total. The van der Waals surface area contributed by atoms with E-state index in [0.29, 0.717) is 6.04 Å². The molecule has 0 saturated heterocycles. The van der Waals surface area contributed by atoms with Crippen LogP contribution in [-0.4, -0.2) is 31.1 Å². The van der Waals surface area contributed by atoms with Crippen molar-refractivity contribution in [2.24, 2.45) is 0 Å². The molecule has 1 N–H and O–H groups in total. The first-order chi connectivity index (χ1) is 6.93. The molecule has 1 rings (SSSR count). The third-order valence-electron chi connectivity index (χ3n) is 3.09. The van der Waals surface area contributed by atoms with E-state index in [-0.39, 0.29) is 5.54 Å². The van der Waals surface area contributed by atoms with Crippen molar-refractivity contribution in [1.82, 2.24) is 10.2 Å². The quantitative estimate of drug-likeness (QED) is 0.830. The van der Waals surface area contributed by atoms with Crippen LogP contribution in [0.4, 0.5) is 0 Å². The summed E-state index contributed by atoms with van der Waals surface area (Å²) in [5.74, 6) is 0. The Labute approximate surface area is 97.3 Å². The highest BCUT2D eigenvalue weighted by molar-refractivity contribution is 7.07. The first kappa shape index (κ1) is 12.7. The molecule has 0 aliphatic heterocycles. The number of rotatable bonds is 5. The van der Waals surface area contributed by atoms with E-state index < -0.39 is 0 Å². The van der Waals surface area contributed by atoms with Gasteiger partial charge in [0.15, 0.2) is 0 Å². The number of hydrogen-bond acceptors (Lipinski definition) is 3. The molecule has 86 valence electrons. The molecule has 15 heavy (non-hydrogen) atoms. The predicted molar refractivity (Wildman–Crippen MR) is 68.5 cm³/mol. The van der Waals surface area contributed by atoms with Crippen molar-refractivity contribution in [3.8, 4) is 0 Å². The summed E-state index contributed by atoms with van der Waals surface area (Å²) in [7, 11) is 4.24. The minimum atomic E-state index is 0.199. The topological polar surface area (TPSA) is 15.3 Å². The van der Waals surface area contributed by atoms with Gasteiger partial charge in [0.25, 0.3) is 0 Å². The van der Waals surface area contributed by atoms with Crippen molar-refractivity contribution < 1.29 is 0 Å². The van der Waals surface area contributed by atoms with Crippen LogP contribution in [-0.2, 0) is 0 Å². The normalized spacial score (nSPS) is 14.5. The van der Waals surface area contributed by atoms with Gasteiger partial charge in [-0.1, -0.05) is 0 Å². The lowest BCUT2D eigenvalue weighted by Gasteiger charge is -2.34. The lowest BCUT2D eigenvalue weighted by molar-refractivity contribution is 0.185. The molecular weight excluding hydrogens is 204 g/mol. The lowest BCUT2D eigenvalue weighted by atomic mass is 10.0. The van der Waals surface area contributed by atoms with E-state index in [0.717, 1.165) is 6.54 Å². The fraction of sp³-hybridized carbons (Fsp3) is 0.667. The van der Waals surface area contributed by atoms with Crippen molar-refractivity contribution in [2.45, 2.75) is 32.4 Å². The molecule has 0 aliphatic carbocycles. The van der Waals surface area contributed by atoms with Crippen molar-refractivity contribution in [2.75, 3.05) is 20.6 Å². The molecule has 0 radical (unpaired) electrons. The molecule has 0 bridgehead atoms. The maximum atomic E-state index is 3.57. The predicted octanol–water partition coefficient (Wildman–Crippen LogP) is 2.74. The van der Waals surface area contributed by atoms with Crippen LogP contribution in [0.15, 0.2) is 16.8 Å². The Morgan fingerprint density at radius 1 is 1.47 bits per heavy atom. The van der Waals surface area contributed by atoms with Gasteiger partial charge in [0.1, 0.15) is 0 Å². The molecule has 1 aromatic rings. The second-order valence-electron chi connectivity index (χ2n) is 4.87. The Hall–Kier alpha value is -0.380. The molecule has 0 fully saturated rings. The molecule has 0 amide bonds. The zero-order valence-corrected chi connectivity index (χ0v) is 11.2. The lowest BCUT2D eigenvalue weighted by Crippen LogP contribution is -2.47. The van der Waals surface area contributed by atoms with Crippen LogP contribution in [0, 0.1) is 0 Å². The van der Waals surface area contributed by atoms with Gasteiger partial charge < -0.3 is 10.2 Å². The van der Waals surface area contributed by atoms with Gasteiger partial charge in [-0.25, -0.2) is 0 Å². The molecule has 1 unspecified atom stereocenters. The SMILES string of the molecule is CC(NCC(C)(C)N(C)C)c1ccsc1. The second-order valence-corrected chi connectivity index (χ2v) is 5.65. The Morgan fingerprint density at radius 2 is 2.13 bits per heavy atom. The van der Waals surface area contributed by atoms with Crippen molar-refractivity contribution >= 4 is 11.3 Å². The maximum Gasteiger partial charge on any atom is 0.0300 e. The van der Waals surface area contributed by atoms with Crippen molar-refractivity contribution in [3.05, 3.63) is 22.4 Å². The summed E-state index contributed by atoms with van der Waals surface area (Å²) in [6.07, 6.45) is 0. The minimum Gasteiger partial charge on any atom is -0.308 e. The summed E-state index contributed by atoms with van der Waals surface area (Å²) in [4.78, 5) is 2.25. The van der Waals surface area contributed by atoms with Crippen LogP contribution < -0.4 is 5.32 Å². The zero-order chi connectivity index (χ0) is 11.5. The van der Waals surface area contributed by atoms with Crippen LogP contribution in [0.5, 0.6) is 0 Å². The Kier molecular flexibility index (Phi) is 4.32. The fourth-order valence-electron chi connectivity index (χ4n) is 1.20. The molecule has 0 saturated carbocycles. The van der Waals surface area contributed by atoms with E-state index in [1.54, 1.807) is 11.3 Å². The average molecular weight is 226 g/mol. The summed E-state index contributed by atoms with van der Waals surface area (Å²) in [5.41, 5.74) is 1.58. The van der Waals surface area contributed by atoms with E-state index in [9.17, 15) is 0 Å². The first-order valence-corrected chi connectivity index (χ1v) is 6.30. The molecule has 3 heteroatoms. The minimum absolute atomic E-state index is 0.199. The van der Waals surface area contributed by atoms with Gasteiger partial charge in [-0.15, -0.1) is 0 Å². The third kappa shape index (κ3) is 3.59. The first-order valence-electron chi connectivity index (χ1n) is 5.36. The molecule has 0 spiro atoms. The van der Waals surface area contributed by atoms with E-state index in [4.69, 9.17) is 0 Å². The summed E-state index contributed by atoms with van der Waals surface area (Å²) < 4.78 is 0. The number of thiophene rings is 1. The number of nitrogens with one attached hydrogen (secondary N) is 1. The van der Waals surface area contributed by atoms with E-state index in [1.165, 1.54) is 5.56 Å². The van der Waals surface area contributed by atoms with Gasteiger partial charge in [0.2, 0.25) is 0 Å². The second kappa shape index (κ2) is 5.10. The molecule has 0 aliphatic rings. The monoisotopic (exact) mass is 226 g/mol. The van der Waals surface area contributed by atoms with Crippen LogP contribution in [0.2, 0.25) is 0 Å². The third-order valence-corrected chi connectivity index (χ3v) is 3.80. The standard InChI is InChI=1S/C12H22N2S/c1-10(11-6-7-15-8-11)13-9-12(2,3)14(4)5/h6-8,10,13H,9H2,1-5H3. The van der Waals surface area contributed by atoms with Crippen LogP contribution >= 0.6 is 11.3 Å². The van der Waals surface area contributed by atoms with Gasteiger partial charge in [0.05, 0.1) is 0 Å². The fourth-order valence-corrected chi connectivity index (χ4v) is 1.95. The molecule has 1 atom stereocenters. The Bertz CT molecular complexity index is 278. The van der Waals surface area contributed by atoms with E-state index in [1.807, 2.05) is 0 Å². The Morgan fingerprint density at radius 3 is 2.60 bits per heavy atom. The largest absolute Gasteiger partial charge is 0.308 e. The van der Waals surface area contributed by atoms with Gasteiger partial charge in [0, 0.05) is 18.1 Å². The van der Waals surface area contributed by atoms with Crippen molar-refractivity contribution in [1.29, 1.82) is 0 Å². The molecule has 1 heterocycles. The van der Waals surface area contributed by atoms with Gasteiger partial charge in [-0.3, -0.25) is 0 Å². The Balaban J connectivity index is 2.44. The zero-order valence-electron chi connectivity index (χ0n) is 10.4. The van der Waals surface area contributed by atoms with Gasteiger partial charge >= 0.3 is 0 Å². The molecular formula is C12H22N2S. The highest BCUT2D eigenvalue weighted by Gasteiger charge is 2.20. The summed E-state index contributed by atoms with van der Waals surface area (Å²) in [5, 5.41) is 7.91. The average Bonchev–Trinajstić information content (AvgIpc) is 2.66. The maximum absolute atomic E-state index is 3.57. The highest BCUT2D eigenvalue weighted by Crippen LogP contribution is 2.17. The van der Waals surface area contributed by atoms with Crippen LogP contribution in [0.1, 0.15) is 32.4 Å². The van der Waals surface area contributed by atoms with Gasteiger partial charge in [-0.05, 0) is 57.3 Å². The number of nitrogens with zero attached hydrogens (tertiary/aromatic N) is 1. The smallest absolute Gasteiger partial charge is 0.0300 e. The van der Waals surface area contributed by atoms with E-state index >= 15 is 0 Å². The van der Waals surface area contributed by atoms with E-state index in [2.05, 4.69) is 61.9 Å². The van der Waals surface area contributed by atoms with Crippen LogP contribution in [0.25, 0.3) is 0 Å².